The van der Waals surface area contributed by atoms with E-state index in [-0.39, 0.29) is 5.57 Å². The van der Waals surface area contributed by atoms with Gasteiger partial charge in [-0.2, -0.15) is 0 Å². The average molecular weight is 219 g/mol. The van der Waals surface area contributed by atoms with Crippen LogP contribution in [0.1, 0.15) is 18.1 Å². The Morgan fingerprint density at radius 2 is 1.88 bits per heavy atom. The highest BCUT2D eigenvalue weighted by Gasteiger charge is 2.09. The molecule has 1 aromatic rings. The van der Waals surface area contributed by atoms with Crippen molar-refractivity contribution in [2.75, 3.05) is 0 Å². The van der Waals surface area contributed by atoms with Gasteiger partial charge in [0.15, 0.2) is 0 Å². The molecule has 0 bridgehead atoms. The molecule has 3 N–H and O–H groups in total. The number of carbonyl (C=O) groups is 2. The van der Waals surface area contributed by atoms with Gasteiger partial charge in [0.05, 0.1) is 5.57 Å². The summed E-state index contributed by atoms with van der Waals surface area (Å²) >= 11 is 0. The lowest BCUT2D eigenvalue weighted by atomic mass is 10.0. The van der Waals surface area contributed by atoms with Crippen molar-refractivity contribution in [2.45, 2.75) is 13.3 Å². The lowest BCUT2D eigenvalue weighted by Gasteiger charge is -2.03. The molecule has 0 aromatic heterocycles. The third-order valence-electron chi connectivity index (χ3n) is 2.21. The Labute approximate surface area is 93.4 Å². The van der Waals surface area contributed by atoms with Gasteiger partial charge in [-0.3, -0.25) is 4.79 Å². The molecule has 0 unspecified atom stereocenters. The van der Waals surface area contributed by atoms with Crippen LogP contribution >= 0.6 is 0 Å². The monoisotopic (exact) mass is 219 g/mol. The van der Waals surface area contributed by atoms with E-state index in [1.807, 2.05) is 19.1 Å². The van der Waals surface area contributed by atoms with E-state index in [0.717, 1.165) is 18.1 Å². The van der Waals surface area contributed by atoms with Crippen molar-refractivity contribution >= 4 is 17.4 Å². The first-order valence-electron chi connectivity index (χ1n) is 4.88. The first kappa shape index (κ1) is 12.0. The van der Waals surface area contributed by atoms with Crippen LogP contribution in [0.3, 0.4) is 0 Å². The van der Waals surface area contributed by atoms with Crippen LogP contribution in [0.25, 0.3) is 5.57 Å². The van der Waals surface area contributed by atoms with Gasteiger partial charge in [-0.15, -0.1) is 0 Å². The van der Waals surface area contributed by atoms with Crippen LogP contribution in [0.2, 0.25) is 0 Å². The number of hydrogen-bond acceptors (Lipinski definition) is 2. The fourth-order valence-electron chi connectivity index (χ4n) is 1.34. The number of amides is 1. The van der Waals surface area contributed by atoms with Gasteiger partial charge < -0.3 is 10.8 Å². The normalized spacial score (nSPS) is 11.2. The summed E-state index contributed by atoms with van der Waals surface area (Å²) in [7, 11) is 0. The molecule has 0 saturated heterocycles. The molecule has 0 saturated carbocycles. The number of rotatable bonds is 4. The van der Waals surface area contributed by atoms with Crippen LogP contribution in [0, 0.1) is 0 Å². The van der Waals surface area contributed by atoms with E-state index in [0.29, 0.717) is 5.56 Å². The summed E-state index contributed by atoms with van der Waals surface area (Å²) in [6, 6.07) is 7.07. The molecular weight excluding hydrogens is 206 g/mol. The van der Waals surface area contributed by atoms with E-state index in [4.69, 9.17) is 10.8 Å². The minimum Gasteiger partial charge on any atom is -0.478 e. The smallest absolute Gasteiger partial charge is 0.329 e. The molecule has 1 amide bonds. The van der Waals surface area contributed by atoms with Crippen molar-refractivity contribution in [3.8, 4) is 0 Å². The number of primary amides is 1. The number of benzene rings is 1. The molecule has 16 heavy (non-hydrogen) atoms. The summed E-state index contributed by atoms with van der Waals surface area (Å²) in [5, 5.41) is 8.61. The Morgan fingerprint density at radius 1 is 1.31 bits per heavy atom. The fourth-order valence-corrected chi connectivity index (χ4v) is 1.34. The summed E-state index contributed by atoms with van der Waals surface area (Å²) in [5.74, 6) is -1.93. The lowest BCUT2D eigenvalue weighted by Crippen LogP contribution is -2.14. The molecule has 0 aliphatic heterocycles. The first-order chi connectivity index (χ1) is 7.54. The molecule has 0 aliphatic carbocycles. The van der Waals surface area contributed by atoms with Crippen molar-refractivity contribution in [3.63, 3.8) is 0 Å². The predicted octanol–water partition coefficient (Wildman–Crippen LogP) is 1.20. The Kier molecular flexibility index (Phi) is 3.83. The maximum atomic E-state index is 11.1. The highest BCUT2D eigenvalue weighted by molar-refractivity contribution is 6.22. The van der Waals surface area contributed by atoms with Crippen LogP contribution in [-0.2, 0) is 16.0 Å². The maximum absolute atomic E-state index is 11.1. The molecule has 1 aromatic carbocycles. The fraction of sp³-hybridized carbons (Fsp3) is 0.167. The molecule has 0 atom stereocenters. The lowest BCUT2D eigenvalue weighted by molar-refractivity contribution is -0.131. The van der Waals surface area contributed by atoms with Crippen molar-refractivity contribution in [1.82, 2.24) is 0 Å². The number of carboxylic acids is 1. The number of carbonyl (C=O) groups excluding carboxylic acids is 1. The third kappa shape index (κ3) is 2.95. The van der Waals surface area contributed by atoms with E-state index >= 15 is 0 Å². The largest absolute Gasteiger partial charge is 0.478 e. The van der Waals surface area contributed by atoms with E-state index in [1.165, 1.54) is 0 Å². The van der Waals surface area contributed by atoms with Crippen molar-refractivity contribution in [3.05, 3.63) is 41.5 Å². The molecule has 0 heterocycles. The third-order valence-corrected chi connectivity index (χ3v) is 2.21. The molecule has 4 heteroatoms. The van der Waals surface area contributed by atoms with Gasteiger partial charge in [0.2, 0.25) is 5.91 Å². The average Bonchev–Trinajstić information content (AvgIpc) is 2.25. The Bertz CT molecular complexity index is 432. The molecule has 4 nitrogen and oxygen atoms in total. The summed E-state index contributed by atoms with van der Waals surface area (Å²) in [6.07, 6.45) is 1.71. The zero-order chi connectivity index (χ0) is 12.1. The van der Waals surface area contributed by atoms with E-state index in [2.05, 4.69) is 0 Å². The Hall–Kier alpha value is -2.10. The van der Waals surface area contributed by atoms with E-state index in [1.54, 1.807) is 12.1 Å². The molecular formula is C12H13NO3. The first-order valence-corrected chi connectivity index (χ1v) is 4.88. The number of hydrogen-bond donors (Lipinski definition) is 2. The van der Waals surface area contributed by atoms with Gasteiger partial charge in [-0.1, -0.05) is 31.2 Å². The summed E-state index contributed by atoms with van der Waals surface area (Å²) in [6.45, 7) is 2.01. The van der Waals surface area contributed by atoms with Gasteiger partial charge >= 0.3 is 5.97 Å². The van der Waals surface area contributed by atoms with Crippen molar-refractivity contribution < 1.29 is 14.7 Å². The van der Waals surface area contributed by atoms with Gasteiger partial charge in [-0.05, 0) is 17.5 Å². The molecule has 0 fully saturated rings. The van der Waals surface area contributed by atoms with Crippen LogP contribution in [-0.4, -0.2) is 17.0 Å². The maximum Gasteiger partial charge on any atom is 0.329 e. The SMILES string of the molecule is CCc1ccc(/C(=C/C(=O)O)C(N)=O)cc1. The van der Waals surface area contributed by atoms with Crippen LogP contribution in [0.15, 0.2) is 30.3 Å². The van der Waals surface area contributed by atoms with Gasteiger partial charge in [0, 0.05) is 6.08 Å². The minimum absolute atomic E-state index is 0.00940. The number of aryl methyl sites for hydroxylation is 1. The minimum atomic E-state index is -1.19. The quantitative estimate of drug-likeness (QED) is 0.747. The van der Waals surface area contributed by atoms with Crippen LogP contribution in [0.5, 0.6) is 0 Å². The van der Waals surface area contributed by atoms with Gasteiger partial charge in [0.25, 0.3) is 0 Å². The highest BCUT2D eigenvalue weighted by atomic mass is 16.4. The van der Waals surface area contributed by atoms with Crippen LogP contribution in [0.4, 0.5) is 0 Å². The molecule has 0 spiro atoms. The summed E-state index contributed by atoms with van der Waals surface area (Å²) in [4.78, 5) is 21.6. The standard InChI is InChI=1S/C12H13NO3/c1-2-8-3-5-9(6-4-8)10(12(13)16)7-11(14)15/h3-7H,2H2,1H3,(H2,13,16)(H,14,15)/b10-7-. The summed E-state index contributed by atoms with van der Waals surface area (Å²) in [5.41, 5.74) is 6.76. The predicted molar refractivity (Wildman–Crippen MR) is 60.6 cm³/mol. The number of carboxylic acid groups (broad SMARTS) is 1. The molecule has 0 aliphatic rings. The topological polar surface area (TPSA) is 80.4 Å². The molecule has 1 rings (SSSR count). The zero-order valence-corrected chi connectivity index (χ0v) is 8.93. The number of nitrogens with two attached hydrogens (primary N) is 1. The van der Waals surface area contributed by atoms with Crippen LogP contribution < -0.4 is 5.73 Å². The van der Waals surface area contributed by atoms with E-state index in [9.17, 15) is 9.59 Å². The van der Waals surface area contributed by atoms with Crippen molar-refractivity contribution in [1.29, 1.82) is 0 Å². The Morgan fingerprint density at radius 3 is 2.25 bits per heavy atom. The second-order valence-corrected chi connectivity index (χ2v) is 3.31. The number of aliphatic carboxylic acids is 1. The van der Waals surface area contributed by atoms with E-state index < -0.39 is 11.9 Å². The second kappa shape index (κ2) is 5.11. The summed E-state index contributed by atoms with van der Waals surface area (Å²) < 4.78 is 0. The molecule has 84 valence electrons. The van der Waals surface area contributed by atoms with Gasteiger partial charge in [-0.25, -0.2) is 4.79 Å². The van der Waals surface area contributed by atoms with Crippen molar-refractivity contribution in [2.24, 2.45) is 5.73 Å². The second-order valence-electron chi connectivity index (χ2n) is 3.31. The zero-order valence-electron chi connectivity index (χ0n) is 8.93. The molecule has 0 radical (unpaired) electrons. The van der Waals surface area contributed by atoms with Gasteiger partial charge in [0.1, 0.15) is 0 Å². The highest BCUT2D eigenvalue weighted by Crippen LogP contribution is 2.15. The Balaban J connectivity index is 3.12.